The lowest BCUT2D eigenvalue weighted by Gasteiger charge is -2.27. The molecule has 59 heavy (non-hydrogen) atoms. The van der Waals surface area contributed by atoms with Crippen molar-refractivity contribution >= 4 is 35.5 Å². The van der Waals surface area contributed by atoms with E-state index < -0.39 is 53.8 Å². The summed E-state index contributed by atoms with van der Waals surface area (Å²) >= 11 is 0. The smallest absolute Gasteiger partial charge is 0.325 e. The molecule has 0 bridgehead atoms. The molecule has 4 aromatic carbocycles. The van der Waals surface area contributed by atoms with E-state index >= 15 is 0 Å². The second-order valence-corrected chi connectivity index (χ2v) is 14.5. The molecule has 0 saturated heterocycles. The van der Waals surface area contributed by atoms with Crippen LogP contribution < -0.4 is 26.6 Å². The SMILES string of the molecule is CC(NC(=O)[C@@H](CC1C=CC=CC1)NC(=O)[C@@H](Cc1ccc(-c2ccccc2)cc1)NC(=O)[C@H](CCc1ccccc1)NC(=O)CCNC(=O)c1ccccc1)C(=O)O. The predicted octanol–water partition coefficient (Wildman–Crippen LogP) is 4.92. The van der Waals surface area contributed by atoms with Crippen LogP contribution in [0.3, 0.4) is 0 Å². The highest BCUT2D eigenvalue weighted by molar-refractivity contribution is 5.96. The standard InChI is InChI=1S/C47H51N5O7/c1-32(47(58)59)49-45(56)40(30-34-16-8-3-9-17-34)52-46(57)41(31-35-22-25-37(26-23-35)36-18-10-4-11-19-36)51-44(55)39(27-24-33-14-6-2-7-15-33)50-42(53)28-29-48-43(54)38-20-12-5-13-21-38/h2-16,18-23,25-26,32,34,39-41H,17,24,27-31H2,1H3,(H,48,54)(H,49,56)(H,50,53)(H,51,55)(H,52,57)(H,58,59)/t32?,34?,39-,40+,41+/m0/s1. The number of hydrogen-bond donors (Lipinski definition) is 6. The summed E-state index contributed by atoms with van der Waals surface area (Å²) in [5.74, 6) is -4.06. The van der Waals surface area contributed by atoms with E-state index in [2.05, 4.69) is 26.6 Å². The van der Waals surface area contributed by atoms with E-state index in [9.17, 15) is 33.9 Å². The monoisotopic (exact) mass is 797 g/mol. The maximum Gasteiger partial charge on any atom is 0.325 e. The summed E-state index contributed by atoms with van der Waals surface area (Å²) in [6.45, 7) is 1.37. The molecule has 306 valence electrons. The van der Waals surface area contributed by atoms with E-state index in [1.54, 1.807) is 30.3 Å². The first kappa shape index (κ1) is 43.3. The summed E-state index contributed by atoms with van der Waals surface area (Å²) in [4.78, 5) is 79.5. The number of aliphatic carboxylic acids is 1. The van der Waals surface area contributed by atoms with Gasteiger partial charge in [-0.25, -0.2) is 0 Å². The van der Waals surface area contributed by atoms with Crippen LogP contribution in [0.25, 0.3) is 11.1 Å². The van der Waals surface area contributed by atoms with Crippen molar-refractivity contribution in [3.8, 4) is 11.1 Å². The van der Waals surface area contributed by atoms with E-state index in [1.807, 2.05) is 109 Å². The molecule has 0 aromatic heterocycles. The first-order valence-corrected chi connectivity index (χ1v) is 19.8. The highest BCUT2D eigenvalue weighted by Crippen LogP contribution is 2.21. The third-order valence-electron chi connectivity index (χ3n) is 9.99. The number of carbonyl (C=O) groups is 6. The van der Waals surface area contributed by atoms with Gasteiger partial charge in [-0.2, -0.15) is 0 Å². The number of amides is 5. The first-order chi connectivity index (χ1) is 28.5. The van der Waals surface area contributed by atoms with Crippen LogP contribution in [0.2, 0.25) is 0 Å². The van der Waals surface area contributed by atoms with E-state index in [0.717, 1.165) is 22.3 Å². The Kier molecular flexibility index (Phi) is 16.3. The average Bonchev–Trinajstić information content (AvgIpc) is 3.26. The summed E-state index contributed by atoms with van der Waals surface area (Å²) in [5.41, 5.74) is 4.09. The van der Waals surface area contributed by atoms with Gasteiger partial charge >= 0.3 is 5.97 Å². The molecule has 0 heterocycles. The number of allylic oxidation sites excluding steroid dienone is 4. The first-order valence-electron chi connectivity index (χ1n) is 19.8. The Morgan fingerprint density at radius 2 is 1.24 bits per heavy atom. The van der Waals surface area contributed by atoms with E-state index in [4.69, 9.17) is 0 Å². The van der Waals surface area contributed by atoms with Gasteiger partial charge in [0.1, 0.15) is 24.2 Å². The third-order valence-corrected chi connectivity index (χ3v) is 9.99. The van der Waals surface area contributed by atoms with Crippen LogP contribution >= 0.6 is 0 Å². The number of aryl methyl sites for hydroxylation is 1. The molecule has 0 radical (unpaired) electrons. The fraction of sp³-hybridized carbons (Fsp3) is 0.277. The number of nitrogens with one attached hydrogen (secondary N) is 5. The number of hydrogen-bond acceptors (Lipinski definition) is 6. The lowest BCUT2D eigenvalue weighted by Crippen LogP contribution is -2.58. The summed E-state index contributed by atoms with van der Waals surface area (Å²) < 4.78 is 0. The minimum atomic E-state index is -1.23. The number of carboxylic acids is 1. The maximum absolute atomic E-state index is 14.3. The lowest BCUT2D eigenvalue weighted by molar-refractivity contribution is -0.142. The second-order valence-electron chi connectivity index (χ2n) is 14.5. The molecule has 0 aliphatic heterocycles. The number of benzene rings is 4. The zero-order chi connectivity index (χ0) is 42.0. The summed E-state index contributed by atoms with van der Waals surface area (Å²) in [5, 5.41) is 23.2. The van der Waals surface area contributed by atoms with E-state index in [0.29, 0.717) is 18.4 Å². The van der Waals surface area contributed by atoms with Crippen LogP contribution in [0.1, 0.15) is 54.1 Å². The van der Waals surface area contributed by atoms with Gasteiger partial charge in [0.15, 0.2) is 0 Å². The molecule has 6 N–H and O–H groups in total. The molecular formula is C47H51N5O7. The molecule has 4 aromatic rings. The van der Waals surface area contributed by atoms with Crippen LogP contribution in [0.4, 0.5) is 0 Å². The van der Waals surface area contributed by atoms with Crippen molar-refractivity contribution in [2.24, 2.45) is 5.92 Å². The van der Waals surface area contributed by atoms with Gasteiger partial charge in [-0.15, -0.1) is 0 Å². The number of rotatable bonds is 20. The topological polar surface area (TPSA) is 183 Å². The van der Waals surface area contributed by atoms with Gasteiger partial charge in [-0.3, -0.25) is 28.8 Å². The van der Waals surface area contributed by atoms with Gasteiger partial charge < -0.3 is 31.7 Å². The molecule has 2 unspecified atom stereocenters. The van der Waals surface area contributed by atoms with E-state index in [-0.39, 0.29) is 44.1 Å². The van der Waals surface area contributed by atoms with Crippen molar-refractivity contribution in [3.05, 3.63) is 156 Å². The van der Waals surface area contributed by atoms with Crippen LogP contribution in [-0.4, -0.2) is 71.3 Å². The van der Waals surface area contributed by atoms with Crippen LogP contribution in [0.15, 0.2) is 140 Å². The summed E-state index contributed by atoms with van der Waals surface area (Å²) in [7, 11) is 0. The fourth-order valence-electron chi connectivity index (χ4n) is 6.64. The molecule has 12 heteroatoms. The third kappa shape index (κ3) is 14.0. The number of carboxylic acid groups (broad SMARTS) is 1. The Labute approximate surface area is 344 Å². The van der Waals surface area contributed by atoms with Crippen LogP contribution in [0.5, 0.6) is 0 Å². The summed E-state index contributed by atoms with van der Waals surface area (Å²) in [6, 6.07) is 30.9. The zero-order valence-corrected chi connectivity index (χ0v) is 33.0. The van der Waals surface area contributed by atoms with Gasteiger partial charge in [0.2, 0.25) is 23.6 Å². The zero-order valence-electron chi connectivity index (χ0n) is 33.0. The maximum atomic E-state index is 14.3. The van der Waals surface area contributed by atoms with Gasteiger partial charge in [0.05, 0.1) is 0 Å². The van der Waals surface area contributed by atoms with Crippen molar-refractivity contribution in [3.63, 3.8) is 0 Å². The average molecular weight is 798 g/mol. The predicted molar refractivity (Wildman–Crippen MR) is 226 cm³/mol. The highest BCUT2D eigenvalue weighted by atomic mass is 16.4. The van der Waals surface area contributed by atoms with Gasteiger partial charge in [0, 0.05) is 24.9 Å². The van der Waals surface area contributed by atoms with Crippen molar-refractivity contribution in [2.75, 3.05) is 6.54 Å². The largest absolute Gasteiger partial charge is 0.480 e. The molecule has 5 amide bonds. The van der Waals surface area contributed by atoms with Crippen molar-refractivity contribution in [1.82, 2.24) is 26.6 Å². The molecule has 5 rings (SSSR count). The Bertz CT molecular complexity index is 2090. The van der Waals surface area contributed by atoms with Gasteiger partial charge in [0.25, 0.3) is 5.91 Å². The number of carbonyl (C=O) groups excluding carboxylic acids is 5. The Hall–Kier alpha value is -6.82. The van der Waals surface area contributed by atoms with Crippen LogP contribution in [-0.2, 0) is 36.8 Å². The van der Waals surface area contributed by atoms with E-state index in [1.165, 1.54) is 6.92 Å². The van der Waals surface area contributed by atoms with Gasteiger partial charge in [-0.05, 0) is 72.9 Å². The summed E-state index contributed by atoms with van der Waals surface area (Å²) in [6.07, 6.45) is 9.02. The Balaban J connectivity index is 1.36. The normalized spacial score (nSPS) is 15.1. The Morgan fingerprint density at radius 1 is 0.644 bits per heavy atom. The van der Waals surface area contributed by atoms with Crippen molar-refractivity contribution in [1.29, 1.82) is 0 Å². The molecule has 0 fully saturated rings. The van der Waals surface area contributed by atoms with Gasteiger partial charge in [-0.1, -0.05) is 127 Å². The minimum Gasteiger partial charge on any atom is -0.480 e. The highest BCUT2D eigenvalue weighted by Gasteiger charge is 2.32. The second kappa shape index (κ2) is 22.2. The van der Waals surface area contributed by atoms with Crippen molar-refractivity contribution in [2.45, 2.75) is 69.6 Å². The molecule has 0 saturated carbocycles. The fourth-order valence-corrected chi connectivity index (χ4v) is 6.64. The quantitative estimate of drug-likeness (QED) is 0.0734. The molecule has 1 aliphatic rings. The molecule has 1 aliphatic carbocycles. The molecule has 12 nitrogen and oxygen atoms in total. The lowest BCUT2D eigenvalue weighted by atomic mass is 9.92. The Morgan fingerprint density at radius 3 is 1.88 bits per heavy atom. The molecular weight excluding hydrogens is 747 g/mol. The minimum absolute atomic E-state index is 0.0342. The molecule has 5 atom stereocenters. The van der Waals surface area contributed by atoms with Crippen molar-refractivity contribution < 1.29 is 33.9 Å². The molecule has 0 spiro atoms. The van der Waals surface area contributed by atoms with Crippen LogP contribution in [0, 0.1) is 5.92 Å².